The second kappa shape index (κ2) is 10.3. The average molecular weight is 481 g/mol. The van der Waals surface area contributed by atoms with E-state index in [1.165, 1.54) is 92.6 Å². The molecule has 2 fully saturated rings. The van der Waals surface area contributed by atoms with Crippen LogP contribution in [0.4, 0.5) is 5.69 Å². The lowest BCUT2D eigenvalue weighted by molar-refractivity contribution is 0.221. The Balaban J connectivity index is 1.26. The molecule has 36 heavy (non-hydrogen) atoms. The van der Waals surface area contributed by atoms with E-state index in [9.17, 15) is 5.11 Å². The number of rotatable bonds is 3. The molecular formula is C33H40N2O. The van der Waals surface area contributed by atoms with Crippen molar-refractivity contribution in [2.24, 2.45) is 5.41 Å². The summed E-state index contributed by atoms with van der Waals surface area (Å²) in [7, 11) is 0. The van der Waals surface area contributed by atoms with E-state index in [-0.39, 0.29) is 0 Å². The van der Waals surface area contributed by atoms with Crippen LogP contribution in [0.25, 0.3) is 0 Å². The molecule has 2 heterocycles. The summed E-state index contributed by atoms with van der Waals surface area (Å²) < 4.78 is 0. The van der Waals surface area contributed by atoms with Gasteiger partial charge in [-0.15, -0.1) is 0 Å². The van der Waals surface area contributed by atoms with Crippen LogP contribution < -0.4 is 10.2 Å². The fourth-order valence-corrected chi connectivity index (χ4v) is 7.37. The maximum Gasteiger partial charge on any atom is 0.115 e. The third kappa shape index (κ3) is 4.78. The molecule has 3 aromatic rings. The minimum Gasteiger partial charge on any atom is -0.508 e. The highest BCUT2D eigenvalue weighted by Gasteiger charge is 2.34. The summed E-state index contributed by atoms with van der Waals surface area (Å²) in [5.41, 5.74) is 7.41. The minimum atomic E-state index is 0.316. The van der Waals surface area contributed by atoms with Crippen molar-refractivity contribution in [3.05, 3.63) is 95.1 Å². The number of phenolic OH excluding ortho intramolecular Hbond substituents is 1. The smallest absolute Gasteiger partial charge is 0.115 e. The van der Waals surface area contributed by atoms with Gasteiger partial charge in [0, 0.05) is 24.7 Å². The number of fused-ring (bicyclic) bond motifs is 1. The Hall–Kier alpha value is -2.78. The van der Waals surface area contributed by atoms with Gasteiger partial charge in [-0.3, -0.25) is 0 Å². The quantitative estimate of drug-likeness (QED) is 0.423. The molecule has 0 amide bonds. The largest absolute Gasteiger partial charge is 0.508 e. The van der Waals surface area contributed by atoms with E-state index in [2.05, 4.69) is 70.9 Å². The van der Waals surface area contributed by atoms with Gasteiger partial charge in [-0.2, -0.15) is 0 Å². The second-order valence-corrected chi connectivity index (χ2v) is 11.5. The van der Waals surface area contributed by atoms with Crippen molar-refractivity contribution in [1.29, 1.82) is 0 Å². The van der Waals surface area contributed by atoms with E-state index in [1.807, 2.05) is 12.1 Å². The molecule has 1 spiro atoms. The number of phenols is 1. The van der Waals surface area contributed by atoms with Crippen molar-refractivity contribution in [3.63, 3.8) is 0 Å². The SMILES string of the molecule is Oc1ccc2c(c1)CCC(c1ccccc1)C2c1ccc(N2CCCC3(CCCNCC3)CC2)cc1. The Labute approximate surface area is 216 Å². The second-order valence-electron chi connectivity index (χ2n) is 11.5. The summed E-state index contributed by atoms with van der Waals surface area (Å²) in [5, 5.41) is 13.7. The highest BCUT2D eigenvalue weighted by atomic mass is 16.3. The Morgan fingerprint density at radius 2 is 1.61 bits per heavy atom. The highest BCUT2D eigenvalue weighted by Crippen LogP contribution is 2.47. The number of aryl methyl sites for hydroxylation is 1. The average Bonchev–Trinajstić information content (AvgIpc) is 3.29. The first kappa shape index (κ1) is 23.6. The number of anilines is 1. The Bertz CT molecular complexity index is 1150. The van der Waals surface area contributed by atoms with Gasteiger partial charge in [-0.1, -0.05) is 48.5 Å². The zero-order valence-electron chi connectivity index (χ0n) is 21.5. The van der Waals surface area contributed by atoms with E-state index in [0.717, 1.165) is 12.8 Å². The van der Waals surface area contributed by atoms with E-state index >= 15 is 0 Å². The zero-order valence-corrected chi connectivity index (χ0v) is 21.5. The summed E-state index contributed by atoms with van der Waals surface area (Å²) in [6.07, 6.45) is 10.2. The van der Waals surface area contributed by atoms with Crippen LogP contribution in [0.1, 0.15) is 79.0 Å². The molecule has 3 heteroatoms. The Morgan fingerprint density at radius 1 is 0.778 bits per heavy atom. The van der Waals surface area contributed by atoms with E-state index in [0.29, 0.717) is 23.0 Å². The Kier molecular flexibility index (Phi) is 6.75. The zero-order chi connectivity index (χ0) is 24.4. The van der Waals surface area contributed by atoms with Gasteiger partial charge >= 0.3 is 0 Å². The highest BCUT2D eigenvalue weighted by molar-refractivity contribution is 5.52. The number of nitrogens with one attached hydrogen (secondary N) is 1. The van der Waals surface area contributed by atoms with Gasteiger partial charge in [0.05, 0.1) is 0 Å². The first-order valence-corrected chi connectivity index (χ1v) is 14.1. The molecule has 3 unspecified atom stereocenters. The molecule has 1 aliphatic carbocycles. The third-order valence-corrected chi connectivity index (χ3v) is 9.37. The molecule has 0 aromatic heterocycles. The lowest BCUT2D eigenvalue weighted by Crippen LogP contribution is -2.27. The van der Waals surface area contributed by atoms with Crippen LogP contribution in [-0.4, -0.2) is 31.3 Å². The van der Waals surface area contributed by atoms with Gasteiger partial charge in [-0.25, -0.2) is 0 Å². The van der Waals surface area contributed by atoms with Gasteiger partial charge in [-0.05, 0) is 122 Å². The van der Waals surface area contributed by atoms with Crippen LogP contribution in [0.3, 0.4) is 0 Å². The van der Waals surface area contributed by atoms with Crippen LogP contribution >= 0.6 is 0 Å². The number of hydrogen-bond donors (Lipinski definition) is 2. The topological polar surface area (TPSA) is 35.5 Å². The maximum atomic E-state index is 10.1. The van der Waals surface area contributed by atoms with Crippen LogP contribution in [0, 0.1) is 5.41 Å². The summed E-state index contributed by atoms with van der Waals surface area (Å²) in [6.45, 7) is 4.74. The van der Waals surface area contributed by atoms with Crippen molar-refractivity contribution in [1.82, 2.24) is 5.32 Å². The van der Waals surface area contributed by atoms with Crippen molar-refractivity contribution >= 4 is 5.69 Å². The third-order valence-electron chi connectivity index (χ3n) is 9.37. The molecule has 2 N–H and O–H groups in total. The molecular weight excluding hydrogens is 440 g/mol. The maximum absolute atomic E-state index is 10.1. The Morgan fingerprint density at radius 3 is 2.47 bits per heavy atom. The van der Waals surface area contributed by atoms with E-state index < -0.39 is 0 Å². The van der Waals surface area contributed by atoms with Gasteiger partial charge in [0.25, 0.3) is 0 Å². The molecule has 3 nitrogen and oxygen atoms in total. The fourth-order valence-electron chi connectivity index (χ4n) is 7.37. The molecule has 6 rings (SSSR count). The van der Waals surface area contributed by atoms with Gasteiger partial charge in [0.15, 0.2) is 0 Å². The van der Waals surface area contributed by atoms with Gasteiger partial charge in [0.1, 0.15) is 5.75 Å². The summed E-state index contributed by atoms with van der Waals surface area (Å²) in [4.78, 5) is 2.64. The van der Waals surface area contributed by atoms with E-state index in [1.54, 1.807) is 0 Å². The standard InChI is InChI=1S/C33H40N2O/c36-29-13-15-31-27(24-29)10-14-30(25-6-2-1-3-7-25)32(31)26-8-11-28(12-9-26)35-22-5-17-33(19-23-35)16-4-20-34-21-18-33/h1-3,6-9,11-13,15,24,30,32,34,36H,4-5,10,14,16-23H2. The molecule has 2 saturated heterocycles. The van der Waals surface area contributed by atoms with E-state index in [4.69, 9.17) is 0 Å². The molecule has 2 aliphatic heterocycles. The van der Waals surface area contributed by atoms with Crippen LogP contribution in [0.15, 0.2) is 72.8 Å². The fraction of sp³-hybridized carbons (Fsp3) is 0.455. The minimum absolute atomic E-state index is 0.316. The molecule has 0 bridgehead atoms. The molecule has 0 radical (unpaired) electrons. The van der Waals surface area contributed by atoms with Gasteiger partial charge < -0.3 is 15.3 Å². The lowest BCUT2D eigenvalue weighted by atomic mass is 9.69. The molecule has 188 valence electrons. The number of aromatic hydroxyl groups is 1. The first-order chi connectivity index (χ1) is 17.7. The van der Waals surface area contributed by atoms with Crippen LogP contribution in [0.5, 0.6) is 5.75 Å². The molecule has 3 aromatic carbocycles. The number of benzene rings is 3. The summed E-state index contributed by atoms with van der Waals surface area (Å²) >= 11 is 0. The van der Waals surface area contributed by atoms with Crippen LogP contribution in [-0.2, 0) is 6.42 Å². The number of hydrogen-bond acceptors (Lipinski definition) is 3. The molecule has 0 saturated carbocycles. The van der Waals surface area contributed by atoms with Crippen molar-refractivity contribution in [3.8, 4) is 5.75 Å². The predicted octanol–water partition coefficient (Wildman–Crippen LogP) is 7.00. The van der Waals surface area contributed by atoms with Crippen molar-refractivity contribution < 1.29 is 5.11 Å². The van der Waals surface area contributed by atoms with Crippen molar-refractivity contribution in [2.45, 2.75) is 63.2 Å². The predicted molar refractivity (Wildman–Crippen MR) is 149 cm³/mol. The molecule has 3 atom stereocenters. The van der Waals surface area contributed by atoms with Crippen LogP contribution in [0.2, 0.25) is 0 Å². The number of nitrogens with zero attached hydrogens (tertiary/aromatic N) is 1. The first-order valence-electron chi connectivity index (χ1n) is 14.1. The van der Waals surface area contributed by atoms with Gasteiger partial charge in [0.2, 0.25) is 0 Å². The normalized spacial score (nSPS) is 26.7. The summed E-state index contributed by atoms with van der Waals surface area (Å²) in [6, 6.07) is 26.5. The molecule has 3 aliphatic rings. The lowest BCUT2D eigenvalue weighted by Gasteiger charge is -2.35. The monoisotopic (exact) mass is 480 g/mol. The summed E-state index contributed by atoms with van der Waals surface area (Å²) in [5.74, 6) is 1.15. The van der Waals surface area contributed by atoms with Crippen molar-refractivity contribution in [2.75, 3.05) is 31.1 Å².